The minimum atomic E-state index is -4.24. The van der Waals surface area contributed by atoms with Crippen molar-refractivity contribution >= 4 is 35.0 Å². The Bertz CT molecular complexity index is 1180. The largest absolute Gasteiger partial charge is 0.360 e. The molecule has 1 unspecified atom stereocenters. The maximum absolute atomic E-state index is 14.5. The summed E-state index contributed by atoms with van der Waals surface area (Å²) >= 11 is 5.93. The molecular weight excluding hydrogens is 497 g/mol. The Morgan fingerprint density at radius 2 is 1.56 bits per heavy atom. The van der Waals surface area contributed by atoms with Crippen LogP contribution >= 0.6 is 19.2 Å². The molecule has 3 rings (SSSR count). The van der Waals surface area contributed by atoms with Crippen molar-refractivity contribution in [1.29, 1.82) is 0 Å². The average molecular weight is 526 g/mol. The SMILES string of the molecule is CCCCOP(=O)(OCCCC)C1(NS(=O)(=O)c2ccc(Cl)cc2)C=CC(=O)c2ccccc21. The number of carbonyl (C=O) groups is 1. The Balaban J connectivity index is 2.21. The van der Waals surface area contributed by atoms with Crippen LogP contribution in [-0.4, -0.2) is 27.4 Å². The molecule has 0 spiro atoms. The van der Waals surface area contributed by atoms with Crippen LogP contribution in [0.5, 0.6) is 0 Å². The summed E-state index contributed by atoms with van der Waals surface area (Å²) in [7, 11) is -8.47. The lowest BCUT2D eigenvalue weighted by molar-refractivity contribution is 0.104. The highest BCUT2D eigenvalue weighted by molar-refractivity contribution is 7.90. The number of hydrogen-bond donors (Lipinski definition) is 1. The predicted molar refractivity (Wildman–Crippen MR) is 133 cm³/mol. The van der Waals surface area contributed by atoms with E-state index in [9.17, 15) is 17.8 Å². The summed E-state index contributed by atoms with van der Waals surface area (Å²) in [6.07, 6.45) is 5.28. The number of sulfonamides is 1. The van der Waals surface area contributed by atoms with Crippen molar-refractivity contribution < 1.29 is 26.8 Å². The van der Waals surface area contributed by atoms with Gasteiger partial charge in [0.25, 0.3) is 0 Å². The standard InChI is InChI=1S/C24H29ClNO6PS/c1-3-5-17-31-33(28,32-18-6-4-2)24(16-15-23(27)21-9-7-8-10-22(21)24)26-34(29,30)20-13-11-19(25)12-14-20/h7-16,26H,3-6,17-18H2,1-2H3. The lowest BCUT2D eigenvalue weighted by Gasteiger charge is -2.40. The second-order valence-corrected chi connectivity index (χ2v) is 12.3. The molecule has 0 aliphatic heterocycles. The quantitative estimate of drug-likeness (QED) is 0.267. The van der Waals surface area contributed by atoms with Gasteiger partial charge in [0, 0.05) is 16.1 Å². The van der Waals surface area contributed by atoms with E-state index in [1.165, 1.54) is 36.4 Å². The number of hydrogen-bond acceptors (Lipinski definition) is 6. The van der Waals surface area contributed by atoms with Crippen molar-refractivity contribution in [1.82, 2.24) is 4.72 Å². The van der Waals surface area contributed by atoms with E-state index < -0.39 is 22.9 Å². The Hall–Kier alpha value is -1.80. The van der Waals surface area contributed by atoms with Crippen molar-refractivity contribution in [3.05, 3.63) is 76.8 Å². The molecule has 0 radical (unpaired) electrons. The molecule has 34 heavy (non-hydrogen) atoms. The van der Waals surface area contributed by atoms with Crippen LogP contribution in [0.2, 0.25) is 5.02 Å². The molecular formula is C24H29ClNO6PS. The van der Waals surface area contributed by atoms with Gasteiger partial charge >= 0.3 is 7.60 Å². The van der Waals surface area contributed by atoms with Gasteiger partial charge in [0.1, 0.15) is 0 Å². The molecule has 0 saturated carbocycles. The second kappa shape index (κ2) is 11.3. The zero-order valence-electron chi connectivity index (χ0n) is 19.2. The maximum Gasteiger partial charge on any atom is 0.360 e. The first kappa shape index (κ1) is 26.8. The zero-order chi connectivity index (χ0) is 24.8. The molecule has 0 bridgehead atoms. The number of fused-ring (bicyclic) bond motifs is 1. The number of halogens is 1. The van der Waals surface area contributed by atoms with Gasteiger partial charge in [-0.25, -0.2) is 8.42 Å². The highest BCUT2D eigenvalue weighted by Crippen LogP contribution is 2.66. The van der Waals surface area contributed by atoms with Crippen LogP contribution in [-0.2, 0) is 28.9 Å². The van der Waals surface area contributed by atoms with Crippen molar-refractivity contribution in [3.63, 3.8) is 0 Å². The fourth-order valence-corrected chi connectivity index (χ4v) is 7.67. The monoisotopic (exact) mass is 525 g/mol. The summed E-state index contributed by atoms with van der Waals surface area (Å²) in [5, 5.41) is -1.56. The molecule has 0 saturated heterocycles. The number of ketones is 1. The van der Waals surface area contributed by atoms with Crippen molar-refractivity contribution in [2.24, 2.45) is 0 Å². The van der Waals surface area contributed by atoms with Crippen LogP contribution in [0.3, 0.4) is 0 Å². The van der Waals surface area contributed by atoms with Gasteiger partial charge in [0.15, 0.2) is 11.1 Å². The van der Waals surface area contributed by atoms with Gasteiger partial charge in [0.05, 0.1) is 18.1 Å². The van der Waals surface area contributed by atoms with Gasteiger partial charge < -0.3 is 9.05 Å². The topological polar surface area (TPSA) is 98.8 Å². The molecule has 1 N–H and O–H groups in total. The molecule has 0 heterocycles. The minimum absolute atomic E-state index is 0.0762. The third kappa shape index (κ3) is 5.54. The Morgan fingerprint density at radius 1 is 0.971 bits per heavy atom. The molecule has 2 aromatic rings. The van der Waals surface area contributed by atoms with Crippen LogP contribution in [0.1, 0.15) is 55.5 Å². The van der Waals surface area contributed by atoms with Gasteiger partial charge in [-0.05, 0) is 49.3 Å². The first-order chi connectivity index (χ1) is 16.2. The van der Waals surface area contributed by atoms with E-state index in [0.717, 1.165) is 12.8 Å². The number of unbranched alkanes of at least 4 members (excludes halogenated alkanes) is 2. The Labute approximate surface area is 206 Å². The summed E-state index contributed by atoms with van der Waals surface area (Å²) in [5.41, 5.74) is 0.443. The van der Waals surface area contributed by atoms with Gasteiger partial charge in [-0.1, -0.05) is 62.6 Å². The van der Waals surface area contributed by atoms with E-state index in [0.29, 0.717) is 17.9 Å². The number of carbonyl (C=O) groups excluding carboxylic acids is 1. The maximum atomic E-state index is 14.5. The molecule has 1 aliphatic carbocycles. The zero-order valence-corrected chi connectivity index (χ0v) is 21.7. The highest BCUT2D eigenvalue weighted by atomic mass is 35.5. The second-order valence-electron chi connectivity index (χ2n) is 7.94. The van der Waals surface area contributed by atoms with Gasteiger partial charge in [-0.2, -0.15) is 4.72 Å². The van der Waals surface area contributed by atoms with E-state index in [1.54, 1.807) is 24.3 Å². The minimum Gasteiger partial charge on any atom is -0.307 e. The molecule has 10 heteroatoms. The lowest BCUT2D eigenvalue weighted by atomic mass is 9.92. The van der Waals surface area contributed by atoms with Crippen LogP contribution in [0.4, 0.5) is 0 Å². The summed E-state index contributed by atoms with van der Waals surface area (Å²) in [6, 6.07) is 12.0. The van der Waals surface area contributed by atoms with Crippen molar-refractivity contribution in [3.8, 4) is 0 Å². The summed E-state index contributed by atoms with van der Waals surface area (Å²) < 4.78 is 55.9. The van der Waals surface area contributed by atoms with Gasteiger partial charge in [0.2, 0.25) is 10.0 Å². The third-order valence-corrected chi connectivity index (χ3v) is 9.74. The predicted octanol–water partition coefficient (Wildman–Crippen LogP) is 6.05. The third-order valence-electron chi connectivity index (χ3n) is 5.44. The summed E-state index contributed by atoms with van der Waals surface area (Å²) in [6.45, 7) is 4.13. The molecule has 7 nitrogen and oxygen atoms in total. The smallest absolute Gasteiger partial charge is 0.307 e. The Morgan fingerprint density at radius 3 is 2.15 bits per heavy atom. The normalized spacial score (nSPS) is 18.1. The lowest BCUT2D eigenvalue weighted by Crippen LogP contribution is -2.47. The molecule has 1 atom stereocenters. The highest BCUT2D eigenvalue weighted by Gasteiger charge is 2.56. The van der Waals surface area contributed by atoms with E-state index in [1.807, 2.05) is 13.8 Å². The van der Waals surface area contributed by atoms with Crippen LogP contribution in [0.25, 0.3) is 0 Å². The van der Waals surface area contributed by atoms with E-state index >= 15 is 0 Å². The van der Waals surface area contributed by atoms with Gasteiger partial charge in [-0.15, -0.1) is 0 Å². The molecule has 2 aromatic carbocycles. The summed E-state index contributed by atoms with van der Waals surface area (Å²) in [5.74, 6) is -0.328. The first-order valence-corrected chi connectivity index (χ1v) is 14.6. The fraction of sp³-hybridized carbons (Fsp3) is 0.375. The average Bonchev–Trinajstić information content (AvgIpc) is 2.82. The van der Waals surface area contributed by atoms with Crippen LogP contribution in [0, 0.1) is 0 Å². The molecule has 0 fully saturated rings. The number of rotatable bonds is 12. The molecule has 1 aliphatic rings. The Kier molecular flexibility index (Phi) is 8.90. The van der Waals surface area contributed by atoms with Crippen LogP contribution in [0.15, 0.2) is 65.6 Å². The van der Waals surface area contributed by atoms with Crippen molar-refractivity contribution in [2.45, 2.75) is 49.7 Å². The fourth-order valence-electron chi connectivity index (χ4n) is 3.57. The molecule has 0 amide bonds. The van der Waals surface area contributed by atoms with Gasteiger partial charge in [-0.3, -0.25) is 9.36 Å². The number of nitrogens with one attached hydrogen (secondary N) is 1. The van der Waals surface area contributed by atoms with E-state index in [-0.39, 0.29) is 35.0 Å². The number of benzene rings is 2. The number of allylic oxidation sites excluding steroid dienone is 1. The first-order valence-electron chi connectivity index (χ1n) is 11.2. The molecule has 184 valence electrons. The van der Waals surface area contributed by atoms with E-state index in [4.69, 9.17) is 20.6 Å². The summed E-state index contributed by atoms with van der Waals surface area (Å²) in [4.78, 5) is 12.6. The molecule has 0 aromatic heterocycles. The van der Waals surface area contributed by atoms with E-state index in [2.05, 4.69) is 4.72 Å². The van der Waals surface area contributed by atoms with Crippen LogP contribution < -0.4 is 4.72 Å². The van der Waals surface area contributed by atoms with Crippen molar-refractivity contribution in [2.75, 3.05) is 13.2 Å².